The highest BCUT2D eigenvalue weighted by Gasteiger charge is 2.23. The van der Waals surface area contributed by atoms with E-state index in [2.05, 4.69) is 15.6 Å². The number of nitrogen functional groups attached to an aromatic ring is 1. The third-order valence-corrected chi connectivity index (χ3v) is 2.78. The summed E-state index contributed by atoms with van der Waals surface area (Å²) in [6, 6.07) is 3.18. The Balaban J connectivity index is 2.03. The number of nitrogens with one attached hydrogen (secondary N) is 1. The number of hydrazine groups is 1. The van der Waals surface area contributed by atoms with Gasteiger partial charge in [0.1, 0.15) is 0 Å². The molecule has 0 spiro atoms. The van der Waals surface area contributed by atoms with Crippen LogP contribution in [-0.4, -0.2) is 45.3 Å². The highest BCUT2D eigenvalue weighted by molar-refractivity contribution is 5.92. The Bertz CT molecular complexity index is 386. The molecule has 0 bridgehead atoms. The number of aliphatic hydroxyl groups excluding tert-OH is 1. The minimum absolute atomic E-state index is 0.159. The van der Waals surface area contributed by atoms with Gasteiger partial charge in [-0.1, -0.05) is 0 Å². The van der Waals surface area contributed by atoms with Crippen LogP contribution in [0, 0.1) is 0 Å². The van der Waals surface area contributed by atoms with Crippen molar-refractivity contribution in [3.63, 3.8) is 0 Å². The molecule has 92 valence electrons. The van der Waals surface area contributed by atoms with Gasteiger partial charge in [-0.2, -0.15) is 0 Å². The van der Waals surface area contributed by atoms with Crippen LogP contribution in [0.3, 0.4) is 0 Å². The van der Waals surface area contributed by atoms with Crippen molar-refractivity contribution in [1.29, 1.82) is 0 Å². The monoisotopic (exact) mass is 237 g/mol. The fourth-order valence-corrected chi connectivity index (χ4v) is 1.75. The van der Waals surface area contributed by atoms with Crippen LogP contribution in [0.5, 0.6) is 0 Å². The van der Waals surface area contributed by atoms with Gasteiger partial charge in [0.15, 0.2) is 11.5 Å². The molecule has 1 saturated heterocycles. The molecule has 1 aromatic heterocycles. The van der Waals surface area contributed by atoms with E-state index in [0.717, 1.165) is 0 Å². The number of rotatable bonds is 2. The van der Waals surface area contributed by atoms with E-state index < -0.39 is 0 Å². The van der Waals surface area contributed by atoms with E-state index >= 15 is 0 Å². The van der Waals surface area contributed by atoms with Crippen LogP contribution in [0.1, 0.15) is 23.3 Å². The molecule has 0 radical (unpaired) electrons. The average Bonchev–Trinajstić information content (AvgIpc) is 2.39. The molecule has 1 aliphatic heterocycles. The molecule has 1 fully saturated rings. The third kappa shape index (κ3) is 2.69. The smallest absolute Gasteiger partial charge is 0.274 e. The standard InChI is InChI=1S/C10H15N5O2/c11-12-9-2-1-8(13-14-9)10(17)15-5-3-7(16)4-6-15/h1-2,7,16H,3-6,11H2,(H,12,14). The zero-order chi connectivity index (χ0) is 12.3. The zero-order valence-corrected chi connectivity index (χ0v) is 9.33. The van der Waals surface area contributed by atoms with Crippen LogP contribution in [0.2, 0.25) is 0 Å². The average molecular weight is 237 g/mol. The number of nitrogens with two attached hydrogens (primary N) is 1. The van der Waals surface area contributed by atoms with Crippen LogP contribution in [0.25, 0.3) is 0 Å². The second kappa shape index (κ2) is 5.07. The summed E-state index contributed by atoms with van der Waals surface area (Å²) in [4.78, 5) is 13.7. The predicted molar refractivity (Wildman–Crippen MR) is 61.0 cm³/mol. The summed E-state index contributed by atoms with van der Waals surface area (Å²) in [5.41, 5.74) is 2.64. The van der Waals surface area contributed by atoms with Crippen molar-refractivity contribution in [3.8, 4) is 0 Å². The zero-order valence-electron chi connectivity index (χ0n) is 9.33. The lowest BCUT2D eigenvalue weighted by atomic mass is 10.1. The minimum Gasteiger partial charge on any atom is -0.393 e. The number of amides is 1. The number of carbonyl (C=O) groups is 1. The summed E-state index contributed by atoms with van der Waals surface area (Å²) in [5.74, 6) is 5.41. The van der Waals surface area contributed by atoms with Gasteiger partial charge in [-0.25, -0.2) is 5.84 Å². The lowest BCUT2D eigenvalue weighted by molar-refractivity contribution is 0.0540. The lowest BCUT2D eigenvalue weighted by Crippen LogP contribution is -2.40. The molecule has 0 atom stereocenters. The topological polar surface area (TPSA) is 104 Å². The maximum Gasteiger partial charge on any atom is 0.274 e. The van der Waals surface area contributed by atoms with Crippen molar-refractivity contribution >= 4 is 11.7 Å². The second-order valence-corrected chi connectivity index (χ2v) is 3.97. The molecule has 1 aliphatic rings. The van der Waals surface area contributed by atoms with Crippen molar-refractivity contribution < 1.29 is 9.90 Å². The maximum atomic E-state index is 12.0. The van der Waals surface area contributed by atoms with Gasteiger partial charge < -0.3 is 15.4 Å². The molecule has 4 N–H and O–H groups in total. The van der Waals surface area contributed by atoms with Crippen molar-refractivity contribution in [3.05, 3.63) is 17.8 Å². The fraction of sp³-hybridized carbons (Fsp3) is 0.500. The lowest BCUT2D eigenvalue weighted by Gasteiger charge is -2.29. The van der Waals surface area contributed by atoms with Crippen LogP contribution >= 0.6 is 0 Å². The summed E-state index contributed by atoms with van der Waals surface area (Å²) < 4.78 is 0. The normalized spacial score (nSPS) is 16.9. The van der Waals surface area contributed by atoms with Gasteiger partial charge in [-0.15, -0.1) is 10.2 Å². The molecule has 7 heteroatoms. The first-order valence-corrected chi connectivity index (χ1v) is 5.48. The van der Waals surface area contributed by atoms with Gasteiger partial charge in [0.05, 0.1) is 6.10 Å². The molecular weight excluding hydrogens is 222 g/mol. The fourth-order valence-electron chi connectivity index (χ4n) is 1.75. The number of carbonyl (C=O) groups excluding carboxylic acids is 1. The highest BCUT2D eigenvalue weighted by Crippen LogP contribution is 2.12. The Morgan fingerprint density at radius 3 is 2.65 bits per heavy atom. The molecule has 2 rings (SSSR count). The Hall–Kier alpha value is -1.73. The van der Waals surface area contributed by atoms with Crippen molar-refractivity contribution in [2.45, 2.75) is 18.9 Å². The van der Waals surface area contributed by atoms with Crippen molar-refractivity contribution in [2.75, 3.05) is 18.5 Å². The molecule has 2 heterocycles. The molecule has 1 amide bonds. The van der Waals surface area contributed by atoms with Crippen LogP contribution in [-0.2, 0) is 0 Å². The molecule has 0 aliphatic carbocycles. The maximum absolute atomic E-state index is 12.0. The number of anilines is 1. The Morgan fingerprint density at radius 2 is 2.12 bits per heavy atom. The third-order valence-electron chi connectivity index (χ3n) is 2.78. The van der Waals surface area contributed by atoms with Crippen LogP contribution in [0.4, 0.5) is 5.82 Å². The molecule has 0 saturated carbocycles. The summed E-state index contributed by atoms with van der Waals surface area (Å²) in [7, 11) is 0. The van der Waals surface area contributed by atoms with Gasteiger partial charge in [-0.05, 0) is 25.0 Å². The van der Waals surface area contributed by atoms with Gasteiger partial charge in [0.2, 0.25) is 0 Å². The first-order chi connectivity index (χ1) is 8.20. The van der Waals surface area contributed by atoms with E-state index in [4.69, 9.17) is 5.84 Å². The molecular formula is C10H15N5O2. The van der Waals surface area contributed by atoms with Gasteiger partial charge in [-0.3, -0.25) is 4.79 Å². The summed E-state index contributed by atoms with van der Waals surface area (Å²) in [6.45, 7) is 1.11. The Kier molecular flexibility index (Phi) is 3.50. The first-order valence-electron chi connectivity index (χ1n) is 5.48. The van der Waals surface area contributed by atoms with Crippen LogP contribution in [0.15, 0.2) is 12.1 Å². The number of aliphatic hydroxyl groups is 1. The van der Waals surface area contributed by atoms with Crippen LogP contribution < -0.4 is 11.3 Å². The molecule has 17 heavy (non-hydrogen) atoms. The van der Waals surface area contributed by atoms with Crippen molar-refractivity contribution in [2.24, 2.45) is 5.84 Å². The molecule has 7 nitrogen and oxygen atoms in total. The molecule has 1 aromatic rings. The summed E-state index contributed by atoms with van der Waals surface area (Å²) in [6.07, 6.45) is 0.928. The number of nitrogens with zero attached hydrogens (tertiary/aromatic N) is 3. The number of aromatic nitrogens is 2. The number of hydrogen-bond donors (Lipinski definition) is 3. The van der Waals surface area contributed by atoms with E-state index in [1.54, 1.807) is 17.0 Å². The predicted octanol–water partition coefficient (Wildman–Crippen LogP) is -0.641. The van der Waals surface area contributed by atoms with E-state index in [0.29, 0.717) is 37.4 Å². The number of likely N-dealkylation sites (tertiary alicyclic amines) is 1. The van der Waals surface area contributed by atoms with Gasteiger partial charge in [0, 0.05) is 13.1 Å². The van der Waals surface area contributed by atoms with Gasteiger partial charge in [0.25, 0.3) is 5.91 Å². The Labute approximate surface area is 98.6 Å². The van der Waals surface area contributed by atoms with E-state index in [1.807, 2.05) is 0 Å². The second-order valence-electron chi connectivity index (χ2n) is 3.97. The molecule has 0 unspecified atom stereocenters. The SMILES string of the molecule is NNc1ccc(C(=O)N2CCC(O)CC2)nn1. The minimum atomic E-state index is -0.297. The van der Waals surface area contributed by atoms with E-state index in [9.17, 15) is 9.90 Å². The number of hydrogen-bond acceptors (Lipinski definition) is 6. The van der Waals surface area contributed by atoms with Crippen molar-refractivity contribution in [1.82, 2.24) is 15.1 Å². The highest BCUT2D eigenvalue weighted by atomic mass is 16.3. The largest absolute Gasteiger partial charge is 0.393 e. The van der Waals surface area contributed by atoms with E-state index in [1.165, 1.54) is 0 Å². The first kappa shape index (κ1) is 11.7. The summed E-state index contributed by atoms with van der Waals surface area (Å²) in [5, 5.41) is 16.9. The quantitative estimate of drug-likeness (QED) is 0.467. The number of piperidine rings is 1. The Morgan fingerprint density at radius 1 is 1.41 bits per heavy atom. The molecule has 0 aromatic carbocycles. The van der Waals surface area contributed by atoms with E-state index in [-0.39, 0.29) is 12.0 Å². The van der Waals surface area contributed by atoms with Gasteiger partial charge >= 0.3 is 0 Å². The summed E-state index contributed by atoms with van der Waals surface area (Å²) >= 11 is 0.